The van der Waals surface area contributed by atoms with Gasteiger partial charge in [0.1, 0.15) is 0 Å². The van der Waals surface area contributed by atoms with Crippen molar-refractivity contribution in [2.24, 2.45) is 0 Å². The lowest BCUT2D eigenvalue weighted by atomic mass is 10.1. The van der Waals surface area contributed by atoms with Crippen molar-refractivity contribution in [1.82, 2.24) is 15.5 Å². The van der Waals surface area contributed by atoms with Gasteiger partial charge in [-0.25, -0.2) is 0 Å². The summed E-state index contributed by atoms with van der Waals surface area (Å²) in [5.41, 5.74) is -0.453. The predicted molar refractivity (Wildman–Crippen MR) is 64.7 cm³/mol. The van der Waals surface area contributed by atoms with Gasteiger partial charge in [0.15, 0.2) is 5.82 Å². The second-order valence-corrected chi connectivity index (χ2v) is 4.69. The summed E-state index contributed by atoms with van der Waals surface area (Å²) in [6.45, 7) is 0.887. The van der Waals surface area contributed by atoms with E-state index in [0.717, 1.165) is 31.5 Å². The number of rotatable bonds is 2. The second kappa shape index (κ2) is 4.90. The monoisotopic (exact) mass is 283 g/mol. The highest BCUT2D eigenvalue weighted by atomic mass is 19.4. The molecular weight excluding hydrogens is 271 g/mol. The Balaban J connectivity index is 1.89. The first-order valence-electron chi connectivity index (χ1n) is 6.28. The fourth-order valence-electron chi connectivity index (χ4n) is 2.23. The average Bonchev–Trinajstić information content (AvgIpc) is 3.09. The van der Waals surface area contributed by atoms with E-state index in [2.05, 4.69) is 15.5 Å². The molecule has 0 bridgehead atoms. The molecular formula is C13H12F3N3O. The Hall–Kier alpha value is -1.89. The highest BCUT2D eigenvalue weighted by Crippen LogP contribution is 2.32. The zero-order valence-corrected chi connectivity index (χ0v) is 10.4. The number of hydrogen-bond acceptors (Lipinski definition) is 4. The molecule has 20 heavy (non-hydrogen) atoms. The van der Waals surface area contributed by atoms with Crippen LogP contribution in [0, 0.1) is 0 Å². The molecule has 2 heterocycles. The fraction of sp³-hybridized carbons (Fsp3) is 0.385. The van der Waals surface area contributed by atoms with Crippen LogP contribution in [-0.4, -0.2) is 16.7 Å². The van der Waals surface area contributed by atoms with E-state index in [1.807, 2.05) is 0 Å². The number of benzene rings is 1. The summed E-state index contributed by atoms with van der Waals surface area (Å²) in [5, 5.41) is 7.04. The van der Waals surface area contributed by atoms with E-state index >= 15 is 0 Å². The molecule has 0 spiro atoms. The molecule has 0 saturated carbocycles. The number of alkyl halides is 3. The van der Waals surface area contributed by atoms with Crippen LogP contribution in [0.4, 0.5) is 13.2 Å². The van der Waals surface area contributed by atoms with Gasteiger partial charge in [0, 0.05) is 5.56 Å². The molecule has 0 amide bonds. The minimum Gasteiger partial charge on any atom is -0.334 e. The summed E-state index contributed by atoms with van der Waals surface area (Å²) in [6.07, 6.45) is -2.45. The number of hydrogen-bond donors (Lipinski definition) is 1. The average molecular weight is 283 g/mol. The van der Waals surface area contributed by atoms with Gasteiger partial charge in [0.05, 0.1) is 11.6 Å². The Kier molecular flexibility index (Phi) is 3.21. The quantitative estimate of drug-likeness (QED) is 0.919. The van der Waals surface area contributed by atoms with Crippen LogP contribution in [0.5, 0.6) is 0 Å². The maximum atomic E-state index is 12.7. The minimum absolute atomic E-state index is 0.0262. The Labute approximate surface area is 113 Å². The van der Waals surface area contributed by atoms with E-state index in [1.165, 1.54) is 12.1 Å². The van der Waals surface area contributed by atoms with E-state index in [9.17, 15) is 13.2 Å². The van der Waals surface area contributed by atoms with Gasteiger partial charge in [0.25, 0.3) is 5.89 Å². The normalized spacial score (nSPS) is 19.4. The van der Waals surface area contributed by atoms with Crippen molar-refractivity contribution >= 4 is 0 Å². The van der Waals surface area contributed by atoms with Crippen LogP contribution in [0.25, 0.3) is 11.5 Å². The van der Waals surface area contributed by atoms with E-state index in [4.69, 9.17) is 4.52 Å². The van der Waals surface area contributed by atoms with Crippen LogP contribution in [-0.2, 0) is 6.18 Å². The van der Waals surface area contributed by atoms with Crippen molar-refractivity contribution in [2.75, 3.05) is 6.54 Å². The summed E-state index contributed by atoms with van der Waals surface area (Å²) < 4.78 is 43.0. The molecule has 2 aromatic rings. The van der Waals surface area contributed by atoms with Crippen LogP contribution in [0.2, 0.25) is 0 Å². The summed E-state index contributed by atoms with van der Waals surface area (Å²) in [7, 11) is 0. The summed E-state index contributed by atoms with van der Waals surface area (Å²) >= 11 is 0. The number of aromatic nitrogens is 2. The molecule has 7 heteroatoms. The smallest absolute Gasteiger partial charge is 0.334 e. The zero-order chi connectivity index (χ0) is 14.2. The molecule has 1 aliphatic rings. The Morgan fingerprint density at radius 1 is 1.30 bits per heavy atom. The van der Waals surface area contributed by atoms with Crippen molar-refractivity contribution in [3.05, 3.63) is 35.7 Å². The zero-order valence-electron chi connectivity index (χ0n) is 10.4. The molecule has 106 valence electrons. The van der Waals surface area contributed by atoms with E-state index < -0.39 is 11.7 Å². The number of nitrogens with one attached hydrogen (secondary N) is 1. The van der Waals surface area contributed by atoms with Crippen LogP contribution < -0.4 is 5.32 Å². The molecule has 1 aromatic carbocycles. The Morgan fingerprint density at radius 3 is 2.85 bits per heavy atom. The minimum atomic E-state index is -4.38. The summed E-state index contributed by atoms with van der Waals surface area (Å²) in [6, 6.07) is 4.90. The maximum absolute atomic E-state index is 12.7. The molecule has 1 aliphatic heterocycles. The van der Waals surface area contributed by atoms with Crippen molar-refractivity contribution in [3.8, 4) is 11.5 Å². The van der Waals surface area contributed by atoms with Crippen molar-refractivity contribution in [1.29, 1.82) is 0 Å². The number of halogens is 3. The van der Waals surface area contributed by atoms with Gasteiger partial charge in [0.2, 0.25) is 0 Å². The van der Waals surface area contributed by atoms with Crippen LogP contribution in [0.15, 0.2) is 28.8 Å². The molecule has 0 radical (unpaired) electrons. The van der Waals surface area contributed by atoms with Gasteiger partial charge in [-0.15, -0.1) is 0 Å². The SMILES string of the molecule is FC(F)(F)c1cccc(-c2nc(C3CCCN3)no2)c1. The highest BCUT2D eigenvalue weighted by molar-refractivity contribution is 5.54. The third kappa shape index (κ3) is 2.53. The van der Waals surface area contributed by atoms with Crippen molar-refractivity contribution < 1.29 is 17.7 Å². The lowest BCUT2D eigenvalue weighted by Crippen LogP contribution is -2.14. The van der Waals surface area contributed by atoms with Gasteiger partial charge in [-0.05, 0) is 37.6 Å². The molecule has 3 rings (SSSR count). The van der Waals surface area contributed by atoms with Gasteiger partial charge in [-0.3, -0.25) is 0 Å². The van der Waals surface area contributed by atoms with Gasteiger partial charge < -0.3 is 9.84 Å². The predicted octanol–water partition coefficient (Wildman–Crippen LogP) is 3.18. The first kappa shape index (κ1) is 13.1. The third-order valence-electron chi connectivity index (χ3n) is 3.25. The lowest BCUT2D eigenvalue weighted by Gasteiger charge is -2.06. The van der Waals surface area contributed by atoms with Crippen LogP contribution >= 0.6 is 0 Å². The van der Waals surface area contributed by atoms with Crippen molar-refractivity contribution in [3.63, 3.8) is 0 Å². The largest absolute Gasteiger partial charge is 0.416 e. The van der Waals surface area contributed by atoms with Crippen molar-refractivity contribution in [2.45, 2.75) is 25.1 Å². The van der Waals surface area contributed by atoms with Crippen LogP contribution in [0.1, 0.15) is 30.3 Å². The Morgan fingerprint density at radius 2 is 2.15 bits per heavy atom. The van der Waals surface area contributed by atoms with E-state index in [0.29, 0.717) is 5.82 Å². The molecule has 1 N–H and O–H groups in total. The van der Waals surface area contributed by atoms with E-state index in [-0.39, 0.29) is 17.5 Å². The molecule has 1 aromatic heterocycles. The molecule has 0 aliphatic carbocycles. The fourth-order valence-corrected chi connectivity index (χ4v) is 2.23. The molecule has 1 saturated heterocycles. The van der Waals surface area contributed by atoms with Gasteiger partial charge in [-0.2, -0.15) is 18.2 Å². The molecule has 1 fully saturated rings. The van der Waals surface area contributed by atoms with Crippen LogP contribution in [0.3, 0.4) is 0 Å². The molecule has 1 unspecified atom stereocenters. The first-order chi connectivity index (χ1) is 9.54. The standard InChI is InChI=1S/C13H12F3N3O/c14-13(15,16)9-4-1-3-8(7-9)12-18-11(19-20-12)10-5-2-6-17-10/h1,3-4,7,10,17H,2,5-6H2. The van der Waals surface area contributed by atoms with E-state index in [1.54, 1.807) is 0 Å². The second-order valence-electron chi connectivity index (χ2n) is 4.69. The molecule has 4 nitrogen and oxygen atoms in total. The maximum Gasteiger partial charge on any atom is 0.416 e. The lowest BCUT2D eigenvalue weighted by molar-refractivity contribution is -0.137. The van der Waals surface area contributed by atoms with Gasteiger partial charge >= 0.3 is 6.18 Å². The first-order valence-corrected chi connectivity index (χ1v) is 6.28. The Bertz CT molecular complexity index is 603. The number of nitrogens with zero attached hydrogens (tertiary/aromatic N) is 2. The third-order valence-corrected chi connectivity index (χ3v) is 3.25. The van der Waals surface area contributed by atoms with Gasteiger partial charge in [-0.1, -0.05) is 11.2 Å². The topological polar surface area (TPSA) is 51.0 Å². The summed E-state index contributed by atoms with van der Waals surface area (Å²) in [5.74, 6) is 0.606. The summed E-state index contributed by atoms with van der Waals surface area (Å²) in [4.78, 5) is 4.18. The highest BCUT2D eigenvalue weighted by Gasteiger charge is 2.31. The molecule has 1 atom stereocenters.